The maximum atomic E-state index is 11.6. The van der Waals surface area contributed by atoms with Gasteiger partial charge in [-0.3, -0.25) is 4.79 Å². The van der Waals surface area contributed by atoms with E-state index in [1.165, 1.54) is 21.4 Å². The average molecular weight is 615 g/mol. The summed E-state index contributed by atoms with van der Waals surface area (Å²) in [7, 11) is 2.03. The molecule has 0 saturated carbocycles. The molecule has 0 aliphatic rings. The summed E-state index contributed by atoms with van der Waals surface area (Å²) in [5, 5.41) is 1.26. The Morgan fingerprint density at radius 2 is 2.08 bits per heavy atom. The summed E-state index contributed by atoms with van der Waals surface area (Å²) >= 11 is 11.7. The summed E-state index contributed by atoms with van der Waals surface area (Å²) in [6.07, 6.45) is 3.09. The van der Waals surface area contributed by atoms with Crippen molar-refractivity contribution in [2.75, 3.05) is 16.8 Å². The van der Waals surface area contributed by atoms with Crippen LogP contribution in [-0.4, -0.2) is 31.2 Å². The first-order valence-electron chi connectivity index (χ1n) is 8.54. The van der Waals surface area contributed by atoms with Crippen molar-refractivity contribution in [3.05, 3.63) is 34.5 Å². The molecule has 1 unspecified atom stereocenters. The number of halogens is 2. The molecule has 26 heavy (non-hydrogen) atoms. The fourth-order valence-electron chi connectivity index (χ4n) is 2.54. The lowest BCUT2D eigenvalue weighted by molar-refractivity contribution is -0.142. The molecule has 0 N–H and O–H groups in total. The van der Waals surface area contributed by atoms with Gasteiger partial charge in [-0.05, 0) is 49.6 Å². The number of carbonyl (C=O) groups excluding carboxylic acids is 1. The lowest BCUT2D eigenvalue weighted by atomic mass is 10.1. The number of fused-ring (bicyclic) bond motifs is 1. The molecule has 1 heterocycles. The van der Waals surface area contributed by atoms with E-state index in [2.05, 4.69) is 80.9 Å². The number of aromatic nitrogens is 1. The molecule has 1 atom stereocenters. The van der Waals surface area contributed by atoms with Crippen LogP contribution in [0.5, 0.6) is 0 Å². The van der Waals surface area contributed by atoms with Crippen molar-refractivity contribution in [3.8, 4) is 0 Å². The molecule has 0 radical (unpaired) electrons. The van der Waals surface area contributed by atoms with E-state index in [0.717, 1.165) is 34.1 Å². The van der Waals surface area contributed by atoms with E-state index in [1.807, 2.05) is 18.8 Å². The van der Waals surface area contributed by atoms with E-state index in [1.54, 1.807) is 0 Å². The number of alkyl halides is 2. The number of hydrogen-bond acceptors (Lipinski definition) is 4. The fourth-order valence-corrected chi connectivity index (χ4v) is 4.46. The number of carbonyl (C=O) groups is 1. The number of benzene rings is 1. The van der Waals surface area contributed by atoms with Crippen LogP contribution >= 0.6 is 69.2 Å². The molecule has 0 bridgehead atoms. The van der Waals surface area contributed by atoms with Crippen LogP contribution < -0.4 is 0 Å². The van der Waals surface area contributed by atoms with Gasteiger partial charge in [-0.25, -0.2) is 0 Å². The zero-order chi connectivity index (χ0) is 19.1. The maximum Gasteiger partial charge on any atom is 0.319 e. The summed E-state index contributed by atoms with van der Waals surface area (Å²) in [4.78, 5) is 12.9. The van der Waals surface area contributed by atoms with Crippen molar-refractivity contribution in [2.45, 2.75) is 35.0 Å². The molecule has 7 heteroatoms. The molecule has 0 aliphatic carbocycles. The number of hydrogen-bond donors (Lipinski definition) is 0. The van der Waals surface area contributed by atoms with Crippen molar-refractivity contribution in [1.29, 1.82) is 0 Å². The summed E-state index contributed by atoms with van der Waals surface area (Å²) in [6, 6.07) is 8.64. The smallest absolute Gasteiger partial charge is 0.319 e. The summed E-state index contributed by atoms with van der Waals surface area (Å²) in [5.41, 5.74) is 2.44. The van der Waals surface area contributed by atoms with Crippen LogP contribution in [0.4, 0.5) is 0 Å². The Hall–Kier alpha value is 0.130. The maximum absolute atomic E-state index is 11.6. The molecule has 0 spiro atoms. The second kappa shape index (κ2) is 11.2. The molecule has 0 amide bonds. The zero-order valence-corrected chi connectivity index (χ0v) is 20.9. The lowest BCUT2D eigenvalue weighted by Gasteiger charge is -2.12. The largest absolute Gasteiger partial charge is 0.465 e. The highest BCUT2D eigenvalue weighted by Gasteiger charge is 2.13. The van der Waals surface area contributed by atoms with Crippen LogP contribution in [0, 0.1) is 11.6 Å². The highest BCUT2D eigenvalue weighted by molar-refractivity contribution is 14.1. The molecule has 1 aromatic carbocycles. The number of ether oxygens (including phenoxy) is 1. The van der Waals surface area contributed by atoms with Crippen molar-refractivity contribution in [3.63, 3.8) is 0 Å². The first kappa shape index (κ1) is 22.4. The molecular weight excluding hydrogens is 592 g/mol. The fraction of sp³-hybridized carbons (Fsp3) is 0.474. The van der Waals surface area contributed by atoms with Gasteiger partial charge < -0.3 is 9.30 Å². The number of rotatable bonds is 9. The first-order chi connectivity index (χ1) is 12.4. The molecule has 0 saturated heterocycles. The van der Waals surface area contributed by atoms with Crippen molar-refractivity contribution < 1.29 is 9.53 Å². The Balaban J connectivity index is 1.83. The summed E-state index contributed by atoms with van der Waals surface area (Å²) < 4.78 is 8.98. The Bertz CT molecular complexity index is 823. The van der Waals surface area contributed by atoms with Crippen molar-refractivity contribution >= 4 is 86.0 Å². The molecule has 2 aromatic rings. The Morgan fingerprint density at radius 1 is 1.31 bits per heavy atom. The van der Waals surface area contributed by atoms with E-state index >= 15 is 0 Å². The molecule has 3 nitrogen and oxygen atoms in total. The third-order valence-electron chi connectivity index (χ3n) is 4.05. The number of thioether (sulfide) groups is 1. The Morgan fingerprint density at radius 3 is 2.81 bits per heavy atom. The zero-order valence-electron chi connectivity index (χ0n) is 15.0. The standard InChI is InChI=1S/C19H23I2NO2S2/c1-13-6-7-14-16(10-13)22(2)18(25)11-17(14)26-9-5-3-4-8-24-19(23)15(21)12-20/h6-7,10-11,15H,3-5,8-9,12H2,1-2H3. The monoisotopic (exact) mass is 615 g/mol. The minimum atomic E-state index is -0.0914. The van der Waals surface area contributed by atoms with E-state index < -0.39 is 0 Å². The summed E-state index contributed by atoms with van der Waals surface area (Å²) in [5.74, 6) is 0.952. The molecule has 1 aromatic heterocycles. The van der Waals surface area contributed by atoms with E-state index in [-0.39, 0.29) is 9.89 Å². The van der Waals surface area contributed by atoms with Crippen molar-refractivity contribution in [2.24, 2.45) is 7.05 Å². The Kier molecular flexibility index (Phi) is 9.67. The van der Waals surface area contributed by atoms with Gasteiger partial charge in [-0.2, -0.15) is 0 Å². The van der Waals surface area contributed by atoms with Crippen molar-refractivity contribution in [1.82, 2.24) is 4.57 Å². The second-order valence-electron chi connectivity index (χ2n) is 6.12. The van der Waals surface area contributed by atoms with Gasteiger partial charge >= 0.3 is 5.97 Å². The van der Waals surface area contributed by atoms with Gasteiger partial charge in [0.1, 0.15) is 8.57 Å². The van der Waals surface area contributed by atoms with Crippen LogP contribution in [0.3, 0.4) is 0 Å². The van der Waals surface area contributed by atoms with Gasteiger partial charge in [-0.15, -0.1) is 11.8 Å². The topological polar surface area (TPSA) is 31.2 Å². The second-order valence-corrected chi connectivity index (χ2v) is 10.1. The Labute approximate surface area is 191 Å². The van der Waals surface area contributed by atoms with Crippen LogP contribution in [0.2, 0.25) is 0 Å². The van der Waals surface area contributed by atoms with Gasteiger partial charge in [0.15, 0.2) is 0 Å². The number of esters is 1. The molecular formula is C19H23I2NO2S2. The van der Waals surface area contributed by atoms with Crippen LogP contribution in [-0.2, 0) is 16.6 Å². The van der Waals surface area contributed by atoms with Gasteiger partial charge in [0, 0.05) is 21.8 Å². The van der Waals surface area contributed by atoms with Crippen LogP contribution in [0.15, 0.2) is 29.2 Å². The van der Waals surface area contributed by atoms with Gasteiger partial charge in [-0.1, -0.05) is 69.5 Å². The highest BCUT2D eigenvalue weighted by atomic mass is 127. The lowest BCUT2D eigenvalue weighted by Crippen LogP contribution is -2.18. The number of pyridine rings is 1. The predicted molar refractivity (Wildman–Crippen MR) is 131 cm³/mol. The third kappa shape index (κ3) is 6.34. The number of nitrogens with zero attached hydrogens (tertiary/aromatic N) is 1. The normalized spacial score (nSPS) is 12.3. The molecule has 142 valence electrons. The number of unbranched alkanes of at least 4 members (excludes halogenated alkanes) is 2. The van der Waals surface area contributed by atoms with E-state index in [4.69, 9.17) is 17.0 Å². The minimum absolute atomic E-state index is 0.0346. The van der Waals surface area contributed by atoms with E-state index in [9.17, 15) is 4.79 Å². The van der Waals surface area contributed by atoms with Gasteiger partial charge in [0.2, 0.25) is 0 Å². The van der Waals surface area contributed by atoms with E-state index in [0.29, 0.717) is 6.61 Å². The highest BCUT2D eigenvalue weighted by Crippen LogP contribution is 2.29. The van der Waals surface area contributed by atoms with Gasteiger partial charge in [0.25, 0.3) is 0 Å². The van der Waals surface area contributed by atoms with Crippen LogP contribution in [0.1, 0.15) is 24.8 Å². The SMILES string of the molecule is Cc1ccc2c(SCCCCCOC(=O)C(I)CI)cc(=S)n(C)c2c1. The molecule has 0 aliphatic heterocycles. The predicted octanol–water partition coefficient (Wildman–Crippen LogP) is 6.26. The summed E-state index contributed by atoms with van der Waals surface area (Å²) in [6.45, 7) is 2.63. The quantitative estimate of drug-likeness (QED) is 0.0833. The number of aryl methyl sites for hydroxylation is 2. The molecule has 2 rings (SSSR count). The van der Waals surface area contributed by atoms with Crippen LogP contribution in [0.25, 0.3) is 10.9 Å². The average Bonchev–Trinajstić information content (AvgIpc) is 2.63. The first-order valence-corrected chi connectivity index (χ1v) is 12.7. The van der Waals surface area contributed by atoms with Gasteiger partial charge in [0.05, 0.1) is 12.1 Å². The molecule has 0 fully saturated rings. The third-order valence-corrected chi connectivity index (χ3v) is 9.10. The minimum Gasteiger partial charge on any atom is -0.465 e.